The average molecular weight is 262 g/mol. The summed E-state index contributed by atoms with van der Waals surface area (Å²) >= 11 is 0. The number of hydrogen-bond donors (Lipinski definition) is 3. The summed E-state index contributed by atoms with van der Waals surface area (Å²) in [5.41, 5.74) is 0.0746. The molecule has 1 amide bonds. The highest BCUT2D eigenvalue weighted by Gasteiger charge is 2.11. The molecule has 3 N–H and O–H groups in total. The Balaban J connectivity index is 2.16. The molecule has 0 saturated carbocycles. The van der Waals surface area contributed by atoms with Gasteiger partial charge in [0.1, 0.15) is 11.3 Å². The van der Waals surface area contributed by atoms with E-state index >= 15 is 0 Å². The van der Waals surface area contributed by atoms with Gasteiger partial charge in [0.05, 0.1) is 12.0 Å². The normalized spacial score (nSPS) is 10.4. The van der Waals surface area contributed by atoms with Crippen LogP contribution in [0.2, 0.25) is 0 Å². The maximum absolute atomic E-state index is 11.8. The van der Waals surface area contributed by atoms with Crippen LogP contribution in [-0.2, 0) is 0 Å². The summed E-state index contributed by atoms with van der Waals surface area (Å²) in [6.45, 7) is 0.322. The molecule has 2 aromatic heterocycles. The third-order valence-corrected chi connectivity index (χ3v) is 2.56. The van der Waals surface area contributed by atoms with Gasteiger partial charge >= 0.3 is 0 Å². The predicted molar refractivity (Wildman–Crippen MR) is 68.8 cm³/mol. The van der Waals surface area contributed by atoms with Gasteiger partial charge in [-0.05, 0) is 30.7 Å². The Hall–Kier alpha value is -2.34. The number of aromatic nitrogens is 1. The number of carbonyl (C=O) groups excluding carboxylic acids is 1. The number of aromatic amines is 1. The SMILES string of the molecule is O=C(NCCCO)c1ccc(-c2ccco2)[nH]c1=O. The summed E-state index contributed by atoms with van der Waals surface area (Å²) in [5.74, 6) is 0.0741. The standard InChI is InChI=1S/C13H14N2O4/c16-7-2-6-14-12(17)9-4-5-10(15-13(9)18)11-3-1-8-19-11/h1,3-5,8,16H,2,6-7H2,(H,14,17)(H,15,18). The van der Waals surface area contributed by atoms with Crippen molar-refractivity contribution in [2.45, 2.75) is 6.42 Å². The van der Waals surface area contributed by atoms with E-state index in [9.17, 15) is 9.59 Å². The molecule has 100 valence electrons. The topological polar surface area (TPSA) is 95.3 Å². The van der Waals surface area contributed by atoms with Crippen molar-refractivity contribution in [3.8, 4) is 11.5 Å². The first-order valence-corrected chi connectivity index (χ1v) is 5.88. The monoisotopic (exact) mass is 262 g/mol. The third-order valence-electron chi connectivity index (χ3n) is 2.56. The van der Waals surface area contributed by atoms with E-state index in [1.165, 1.54) is 12.3 Å². The zero-order chi connectivity index (χ0) is 13.7. The first-order chi connectivity index (χ1) is 9.22. The van der Waals surface area contributed by atoms with Gasteiger partial charge in [0.2, 0.25) is 0 Å². The number of hydrogen-bond acceptors (Lipinski definition) is 4. The second kappa shape index (κ2) is 6.01. The molecule has 0 atom stereocenters. The molecular weight excluding hydrogens is 248 g/mol. The van der Waals surface area contributed by atoms with Crippen molar-refractivity contribution in [2.75, 3.05) is 13.2 Å². The first kappa shape index (κ1) is 13.1. The number of pyridine rings is 1. The summed E-state index contributed by atoms with van der Waals surface area (Å²) < 4.78 is 5.16. The number of aliphatic hydroxyl groups excluding tert-OH is 1. The largest absolute Gasteiger partial charge is 0.463 e. The molecule has 0 unspecified atom stereocenters. The van der Waals surface area contributed by atoms with E-state index in [-0.39, 0.29) is 12.2 Å². The molecular formula is C13H14N2O4. The number of carbonyl (C=O) groups is 1. The lowest BCUT2D eigenvalue weighted by atomic mass is 10.2. The van der Waals surface area contributed by atoms with Gasteiger partial charge < -0.3 is 19.8 Å². The Kier molecular flexibility index (Phi) is 4.15. The average Bonchev–Trinajstić information content (AvgIpc) is 2.92. The van der Waals surface area contributed by atoms with E-state index < -0.39 is 11.5 Å². The predicted octanol–water partition coefficient (Wildman–Crippen LogP) is 0.747. The van der Waals surface area contributed by atoms with Crippen LogP contribution in [0.5, 0.6) is 0 Å². The van der Waals surface area contributed by atoms with Crippen LogP contribution in [0.15, 0.2) is 39.7 Å². The number of H-pyrrole nitrogens is 1. The van der Waals surface area contributed by atoms with Crippen molar-refractivity contribution in [1.29, 1.82) is 0 Å². The minimum Gasteiger partial charge on any atom is -0.463 e. The van der Waals surface area contributed by atoms with E-state index in [0.29, 0.717) is 24.4 Å². The minimum absolute atomic E-state index is 0.00588. The molecule has 0 saturated heterocycles. The molecule has 0 aromatic carbocycles. The lowest BCUT2D eigenvalue weighted by Gasteiger charge is -2.04. The molecule has 0 fully saturated rings. The number of aliphatic hydroxyl groups is 1. The first-order valence-electron chi connectivity index (χ1n) is 5.88. The van der Waals surface area contributed by atoms with Crippen LogP contribution >= 0.6 is 0 Å². The summed E-state index contributed by atoms with van der Waals surface area (Å²) in [6, 6.07) is 6.49. The molecule has 0 aliphatic carbocycles. The summed E-state index contributed by atoms with van der Waals surface area (Å²) in [6.07, 6.45) is 1.96. The maximum atomic E-state index is 11.8. The van der Waals surface area contributed by atoms with Crippen molar-refractivity contribution < 1.29 is 14.3 Å². The Morgan fingerprint density at radius 1 is 1.37 bits per heavy atom. The van der Waals surface area contributed by atoms with Gasteiger partial charge in [-0.1, -0.05) is 0 Å². The van der Waals surface area contributed by atoms with Gasteiger partial charge in [0.15, 0.2) is 0 Å². The minimum atomic E-state index is -0.476. The number of furan rings is 1. The zero-order valence-corrected chi connectivity index (χ0v) is 10.2. The van der Waals surface area contributed by atoms with Gasteiger partial charge in [-0.15, -0.1) is 0 Å². The van der Waals surface area contributed by atoms with Crippen LogP contribution in [0.4, 0.5) is 0 Å². The fourth-order valence-electron chi connectivity index (χ4n) is 1.60. The molecule has 2 aromatic rings. The molecule has 0 radical (unpaired) electrons. The van der Waals surface area contributed by atoms with Gasteiger partial charge in [0, 0.05) is 13.2 Å². The number of nitrogens with one attached hydrogen (secondary N) is 2. The fourth-order valence-corrected chi connectivity index (χ4v) is 1.60. The van der Waals surface area contributed by atoms with Crippen molar-refractivity contribution in [2.24, 2.45) is 0 Å². The highest BCUT2D eigenvalue weighted by molar-refractivity contribution is 5.93. The van der Waals surface area contributed by atoms with Gasteiger partial charge in [0.25, 0.3) is 11.5 Å². The van der Waals surface area contributed by atoms with Crippen LogP contribution in [0, 0.1) is 0 Å². The van der Waals surface area contributed by atoms with Crippen molar-refractivity contribution in [3.05, 3.63) is 46.4 Å². The van der Waals surface area contributed by atoms with Crippen molar-refractivity contribution in [1.82, 2.24) is 10.3 Å². The molecule has 0 spiro atoms. The summed E-state index contributed by atoms with van der Waals surface area (Å²) in [7, 11) is 0. The quantitative estimate of drug-likeness (QED) is 0.693. The molecule has 19 heavy (non-hydrogen) atoms. The third kappa shape index (κ3) is 3.11. The van der Waals surface area contributed by atoms with Gasteiger partial charge in [-0.3, -0.25) is 9.59 Å². The molecule has 6 nitrogen and oxygen atoms in total. The van der Waals surface area contributed by atoms with Gasteiger partial charge in [-0.2, -0.15) is 0 Å². The Morgan fingerprint density at radius 2 is 2.21 bits per heavy atom. The maximum Gasteiger partial charge on any atom is 0.261 e. The number of amides is 1. The number of rotatable bonds is 5. The highest BCUT2D eigenvalue weighted by Crippen LogP contribution is 2.15. The molecule has 0 aliphatic heterocycles. The Labute approximate surface area is 109 Å². The summed E-state index contributed by atoms with van der Waals surface area (Å²) in [4.78, 5) is 26.1. The fraction of sp³-hybridized carbons (Fsp3) is 0.231. The van der Waals surface area contributed by atoms with Crippen LogP contribution in [-0.4, -0.2) is 29.1 Å². The molecule has 2 heterocycles. The van der Waals surface area contributed by atoms with Crippen LogP contribution in [0.25, 0.3) is 11.5 Å². The molecule has 2 rings (SSSR count). The zero-order valence-electron chi connectivity index (χ0n) is 10.2. The Morgan fingerprint density at radius 3 is 2.84 bits per heavy atom. The van der Waals surface area contributed by atoms with E-state index in [1.807, 2.05) is 0 Å². The van der Waals surface area contributed by atoms with Crippen molar-refractivity contribution in [3.63, 3.8) is 0 Å². The highest BCUT2D eigenvalue weighted by atomic mass is 16.3. The van der Waals surface area contributed by atoms with E-state index in [4.69, 9.17) is 9.52 Å². The van der Waals surface area contributed by atoms with E-state index in [2.05, 4.69) is 10.3 Å². The van der Waals surface area contributed by atoms with Gasteiger partial charge in [-0.25, -0.2) is 0 Å². The lowest BCUT2D eigenvalue weighted by Crippen LogP contribution is -2.30. The van der Waals surface area contributed by atoms with E-state index in [1.54, 1.807) is 18.2 Å². The summed E-state index contributed by atoms with van der Waals surface area (Å²) in [5, 5.41) is 11.2. The molecule has 6 heteroatoms. The lowest BCUT2D eigenvalue weighted by molar-refractivity contribution is 0.0949. The van der Waals surface area contributed by atoms with Crippen LogP contribution < -0.4 is 10.9 Å². The van der Waals surface area contributed by atoms with Crippen molar-refractivity contribution >= 4 is 5.91 Å². The molecule has 0 bridgehead atoms. The van der Waals surface area contributed by atoms with Crippen LogP contribution in [0.1, 0.15) is 16.8 Å². The second-order valence-electron chi connectivity index (χ2n) is 3.93. The Bertz CT molecular complexity index is 601. The second-order valence-corrected chi connectivity index (χ2v) is 3.93. The van der Waals surface area contributed by atoms with E-state index in [0.717, 1.165) is 0 Å². The smallest absolute Gasteiger partial charge is 0.261 e. The van der Waals surface area contributed by atoms with Crippen LogP contribution in [0.3, 0.4) is 0 Å². The molecule has 0 aliphatic rings.